The van der Waals surface area contributed by atoms with Gasteiger partial charge < -0.3 is 9.90 Å². The molecule has 1 aromatic carbocycles. The Morgan fingerprint density at radius 2 is 1.96 bits per heavy atom. The van der Waals surface area contributed by atoms with Gasteiger partial charge in [-0.15, -0.1) is 0 Å². The summed E-state index contributed by atoms with van der Waals surface area (Å²) in [5, 5.41) is 15.1. The van der Waals surface area contributed by atoms with E-state index in [0.717, 1.165) is 34.6 Å². The summed E-state index contributed by atoms with van der Waals surface area (Å²) in [4.78, 5) is 14.9. The topological polar surface area (TPSA) is 77.4 Å². The number of hydrogen-bond acceptors (Lipinski definition) is 5. The number of aryl methyl sites for hydroxylation is 2. The van der Waals surface area contributed by atoms with Crippen molar-refractivity contribution in [3.63, 3.8) is 0 Å². The molecule has 0 atom stereocenters. The molecule has 0 spiro atoms. The van der Waals surface area contributed by atoms with E-state index in [1.165, 1.54) is 0 Å². The fraction of sp³-hybridized carbons (Fsp3) is 0.316. The molecule has 5 nitrogen and oxygen atoms in total. The highest BCUT2D eigenvalue weighted by molar-refractivity contribution is 5.99. The van der Waals surface area contributed by atoms with Crippen LogP contribution in [0.3, 0.4) is 0 Å². The first kappa shape index (κ1) is 17.7. The number of pyridine rings is 1. The SMILES string of the molecule is Cc1ccc(C)c(NN=C(CCCCC(=O)[O-])c2ccccn2)c1. The van der Waals surface area contributed by atoms with Crippen molar-refractivity contribution in [1.82, 2.24) is 4.98 Å². The lowest BCUT2D eigenvalue weighted by Gasteiger charge is -2.10. The molecule has 0 amide bonds. The number of carbonyl (C=O) groups excluding carboxylic acids is 1. The standard InChI is InChI=1S/C19H23N3O2/c1-14-10-11-15(2)18(13-14)22-21-17(8-3-4-9-19(23)24)16-7-5-6-12-20-16/h5-7,10-13,22H,3-4,8-9H2,1-2H3,(H,23,24)/p-1. The Hall–Kier alpha value is -2.69. The lowest BCUT2D eigenvalue weighted by molar-refractivity contribution is -0.305. The second-order valence-corrected chi connectivity index (χ2v) is 5.78. The molecule has 24 heavy (non-hydrogen) atoms. The molecule has 0 saturated heterocycles. The van der Waals surface area contributed by atoms with Crippen molar-refractivity contribution in [2.75, 3.05) is 5.43 Å². The van der Waals surface area contributed by atoms with Crippen molar-refractivity contribution in [2.24, 2.45) is 5.10 Å². The molecular weight excluding hydrogens is 302 g/mol. The zero-order valence-corrected chi connectivity index (χ0v) is 14.1. The second kappa shape index (κ2) is 8.82. The molecule has 0 fully saturated rings. The van der Waals surface area contributed by atoms with Crippen LogP contribution in [-0.4, -0.2) is 16.7 Å². The molecule has 5 heteroatoms. The molecule has 2 aromatic rings. The third-order valence-corrected chi connectivity index (χ3v) is 3.71. The van der Waals surface area contributed by atoms with Gasteiger partial charge in [-0.3, -0.25) is 10.4 Å². The van der Waals surface area contributed by atoms with Gasteiger partial charge in [-0.25, -0.2) is 0 Å². The molecule has 1 N–H and O–H groups in total. The number of aliphatic carboxylic acids is 1. The van der Waals surface area contributed by atoms with Crippen molar-refractivity contribution >= 4 is 17.4 Å². The largest absolute Gasteiger partial charge is 0.550 e. The Labute approximate surface area is 142 Å². The number of carbonyl (C=O) groups is 1. The highest BCUT2D eigenvalue weighted by Gasteiger charge is 2.06. The summed E-state index contributed by atoms with van der Waals surface area (Å²) in [6.07, 6.45) is 3.74. The van der Waals surface area contributed by atoms with Gasteiger partial charge in [-0.2, -0.15) is 5.10 Å². The van der Waals surface area contributed by atoms with E-state index in [0.29, 0.717) is 12.8 Å². The maximum atomic E-state index is 10.5. The van der Waals surface area contributed by atoms with Crippen LogP contribution in [0.4, 0.5) is 5.69 Å². The molecule has 1 aromatic heterocycles. The summed E-state index contributed by atoms with van der Waals surface area (Å²) in [6.45, 7) is 4.06. The van der Waals surface area contributed by atoms with E-state index >= 15 is 0 Å². The van der Waals surface area contributed by atoms with Crippen LogP contribution < -0.4 is 10.5 Å². The Morgan fingerprint density at radius 3 is 2.67 bits per heavy atom. The van der Waals surface area contributed by atoms with Gasteiger partial charge in [0.15, 0.2) is 0 Å². The summed E-state index contributed by atoms with van der Waals surface area (Å²) in [7, 11) is 0. The van der Waals surface area contributed by atoms with Crippen LogP contribution >= 0.6 is 0 Å². The molecule has 2 rings (SSSR count). The summed E-state index contributed by atoms with van der Waals surface area (Å²) < 4.78 is 0. The van der Waals surface area contributed by atoms with Crippen LogP contribution in [-0.2, 0) is 4.79 Å². The molecular formula is C19H22N3O2-. The van der Waals surface area contributed by atoms with Crippen LogP contribution in [0.1, 0.15) is 42.5 Å². The third-order valence-electron chi connectivity index (χ3n) is 3.71. The Morgan fingerprint density at radius 1 is 1.17 bits per heavy atom. The minimum Gasteiger partial charge on any atom is -0.550 e. The highest BCUT2D eigenvalue weighted by Crippen LogP contribution is 2.17. The monoisotopic (exact) mass is 324 g/mol. The van der Waals surface area contributed by atoms with Gasteiger partial charge in [0, 0.05) is 12.2 Å². The average molecular weight is 324 g/mol. The number of hydrazone groups is 1. The zero-order chi connectivity index (χ0) is 17.4. The summed E-state index contributed by atoms with van der Waals surface area (Å²) in [6, 6.07) is 11.8. The fourth-order valence-electron chi connectivity index (χ4n) is 2.32. The van der Waals surface area contributed by atoms with Gasteiger partial charge in [-0.05, 0) is 68.9 Å². The van der Waals surface area contributed by atoms with Crippen molar-refractivity contribution < 1.29 is 9.90 Å². The maximum Gasteiger partial charge on any atom is 0.0863 e. The van der Waals surface area contributed by atoms with Gasteiger partial charge in [0.2, 0.25) is 0 Å². The van der Waals surface area contributed by atoms with Gasteiger partial charge >= 0.3 is 0 Å². The number of carboxylic acid groups (broad SMARTS) is 1. The predicted octanol–water partition coefficient (Wildman–Crippen LogP) is 2.82. The number of aromatic nitrogens is 1. The summed E-state index contributed by atoms with van der Waals surface area (Å²) in [5.41, 5.74) is 7.96. The van der Waals surface area contributed by atoms with Gasteiger partial charge in [0.1, 0.15) is 0 Å². The minimum atomic E-state index is -1.01. The van der Waals surface area contributed by atoms with E-state index in [-0.39, 0.29) is 6.42 Å². The van der Waals surface area contributed by atoms with Crippen molar-refractivity contribution in [3.05, 3.63) is 59.4 Å². The van der Waals surface area contributed by atoms with E-state index in [4.69, 9.17) is 0 Å². The number of unbranched alkanes of at least 4 members (excludes halogenated alkanes) is 1. The van der Waals surface area contributed by atoms with Crippen LogP contribution in [0.2, 0.25) is 0 Å². The number of anilines is 1. The van der Waals surface area contributed by atoms with Crippen LogP contribution in [0.25, 0.3) is 0 Å². The molecule has 0 aliphatic heterocycles. The first-order valence-electron chi connectivity index (χ1n) is 8.07. The molecule has 0 saturated carbocycles. The first-order valence-corrected chi connectivity index (χ1v) is 8.07. The van der Waals surface area contributed by atoms with E-state index < -0.39 is 5.97 Å². The molecule has 0 bridgehead atoms. The van der Waals surface area contributed by atoms with Crippen LogP contribution in [0.5, 0.6) is 0 Å². The fourth-order valence-corrected chi connectivity index (χ4v) is 2.32. The van der Waals surface area contributed by atoms with E-state index in [2.05, 4.69) is 21.6 Å². The number of benzene rings is 1. The van der Waals surface area contributed by atoms with Gasteiger partial charge in [0.25, 0.3) is 0 Å². The normalized spacial score (nSPS) is 11.3. The van der Waals surface area contributed by atoms with Crippen molar-refractivity contribution in [3.8, 4) is 0 Å². The third kappa shape index (κ3) is 5.50. The summed E-state index contributed by atoms with van der Waals surface area (Å²) in [5.74, 6) is -1.01. The van der Waals surface area contributed by atoms with E-state index in [1.807, 2.05) is 44.2 Å². The molecule has 0 radical (unpaired) electrons. The number of hydrogen-bond donors (Lipinski definition) is 1. The molecule has 0 aliphatic rings. The van der Waals surface area contributed by atoms with Crippen LogP contribution in [0.15, 0.2) is 47.7 Å². The number of rotatable bonds is 8. The number of carboxylic acids is 1. The first-order chi connectivity index (χ1) is 11.6. The molecule has 0 aliphatic carbocycles. The number of nitrogens with zero attached hydrogens (tertiary/aromatic N) is 2. The molecule has 1 heterocycles. The quantitative estimate of drug-likeness (QED) is 0.460. The smallest absolute Gasteiger partial charge is 0.0863 e. The Balaban J connectivity index is 2.12. The number of nitrogens with one attached hydrogen (secondary N) is 1. The zero-order valence-electron chi connectivity index (χ0n) is 14.1. The van der Waals surface area contributed by atoms with Gasteiger partial charge in [0.05, 0.1) is 17.1 Å². The molecule has 0 unspecified atom stereocenters. The Bertz CT molecular complexity index is 712. The van der Waals surface area contributed by atoms with E-state index in [1.54, 1.807) is 6.20 Å². The minimum absolute atomic E-state index is 0.0694. The highest BCUT2D eigenvalue weighted by atomic mass is 16.4. The lowest BCUT2D eigenvalue weighted by atomic mass is 10.1. The van der Waals surface area contributed by atoms with Gasteiger partial charge in [-0.1, -0.05) is 18.2 Å². The van der Waals surface area contributed by atoms with Crippen LogP contribution in [0, 0.1) is 13.8 Å². The van der Waals surface area contributed by atoms with Crippen molar-refractivity contribution in [1.29, 1.82) is 0 Å². The maximum absolute atomic E-state index is 10.5. The lowest BCUT2D eigenvalue weighted by Crippen LogP contribution is -2.21. The van der Waals surface area contributed by atoms with E-state index in [9.17, 15) is 9.90 Å². The predicted molar refractivity (Wildman–Crippen MR) is 93.8 cm³/mol. The summed E-state index contributed by atoms with van der Waals surface area (Å²) >= 11 is 0. The average Bonchev–Trinajstić information content (AvgIpc) is 2.57. The van der Waals surface area contributed by atoms with Crippen molar-refractivity contribution in [2.45, 2.75) is 39.5 Å². The molecule has 126 valence electrons. The Kier molecular flexibility index (Phi) is 6.49. The second-order valence-electron chi connectivity index (χ2n) is 5.78.